The van der Waals surface area contributed by atoms with E-state index < -0.39 is 11.7 Å². The summed E-state index contributed by atoms with van der Waals surface area (Å²) in [5, 5.41) is 5.54. The Labute approximate surface area is 176 Å². The zero-order valence-electron chi connectivity index (χ0n) is 17.5. The lowest BCUT2D eigenvalue weighted by Gasteiger charge is -2.19. The molecule has 2 N–H and O–H groups in total. The molecule has 1 heterocycles. The van der Waals surface area contributed by atoms with Crippen LogP contribution in [0.25, 0.3) is 0 Å². The van der Waals surface area contributed by atoms with Gasteiger partial charge >= 0.3 is 6.09 Å². The first-order valence-electron chi connectivity index (χ1n) is 9.99. The predicted molar refractivity (Wildman–Crippen MR) is 117 cm³/mol. The van der Waals surface area contributed by atoms with Gasteiger partial charge in [0.1, 0.15) is 5.60 Å². The monoisotopic (exact) mass is 409 g/mol. The summed E-state index contributed by atoms with van der Waals surface area (Å²) in [6.45, 7) is 6.10. The van der Waals surface area contributed by atoms with E-state index in [0.717, 1.165) is 17.7 Å². The second-order valence-electron chi connectivity index (χ2n) is 8.25. The molecule has 0 aliphatic carbocycles. The molecule has 1 aliphatic heterocycles. The van der Waals surface area contributed by atoms with E-state index in [1.165, 1.54) is 0 Å². The van der Waals surface area contributed by atoms with Crippen LogP contribution in [0.15, 0.2) is 48.5 Å². The van der Waals surface area contributed by atoms with Gasteiger partial charge in [-0.1, -0.05) is 18.2 Å². The lowest BCUT2D eigenvalue weighted by molar-refractivity contribution is -0.117. The van der Waals surface area contributed by atoms with Crippen molar-refractivity contribution in [3.8, 4) is 0 Å². The van der Waals surface area contributed by atoms with Gasteiger partial charge in [-0.2, -0.15) is 0 Å². The van der Waals surface area contributed by atoms with E-state index in [9.17, 15) is 14.4 Å². The Kier molecular flexibility index (Phi) is 6.40. The number of anilines is 3. The lowest BCUT2D eigenvalue weighted by Crippen LogP contribution is -2.27. The minimum absolute atomic E-state index is 0.110. The van der Waals surface area contributed by atoms with E-state index in [2.05, 4.69) is 10.6 Å². The largest absolute Gasteiger partial charge is 0.444 e. The third-order valence-electron chi connectivity index (χ3n) is 4.48. The summed E-state index contributed by atoms with van der Waals surface area (Å²) >= 11 is 0. The number of carbonyl (C=O) groups excluding carboxylic acids is 3. The van der Waals surface area contributed by atoms with Gasteiger partial charge in [-0.05, 0) is 63.1 Å². The highest BCUT2D eigenvalue weighted by atomic mass is 16.6. The van der Waals surface area contributed by atoms with Gasteiger partial charge in [-0.3, -0.25) is 14.9 Å². The first-order valence-corrected chi connectivity index (χ1v) is 9.99. The van der Waals surface area contributed by atoms with E-state index in [4.69, 9.17) is 4.74 Å². The quantitative estimate of drug-likeness (QED) is 0.769. The van der Waals surface area contributed by atoms with E-state index in [-0.39, 0.29) is 18.2 Å². The zero-order chi connectivity index (χ0) is 21.7. The van der Waals surface area contributed by atoms with Crippen molar-refractivity contribution >= 4 is 35.0 Å². The molecule has 0 atom stereocenters. The number of hydrogen-bond acceptors (Lipinski definition) is 4. The van der Waals surface area contributed by atoms with Crippen molar-refractivity contribution in [3.63, 3.8) is 0 Å². The number of benzene rings is 2. The molecule has 7 heteroatoms. The fourth-order valence-corrected chi connectivity index (χ4v) is 3.19. The van der Waals surface area contributed by atoms with Crippen LogP contribution < -0.4 is 15.5 Å². The van der Waals surface area contributed by atoms with Crippen molar-refractivity contribution in [1.82, 2.24) is 0 Å². The van der Waals surface area contributed by atoms with Crippen LogP contribution in [0.2, 0.25) is 0 Å². The van der Waals surface area contributed by atoms with Crippen LogP contribution in [0.5, 0.6) is 0 Å². The van der Waals surface area contributed by atoms with Gasteiger partial charge in [-0.25, -0.2) is 4.79 Å². The highest BCUT2D eigenvalue weighted by molar-refractivity contribution is 5.97. The average Bonchev–Trinajstić information content (AvgIpc) is 3.08. The van der Waals surface area contributed by atoms with Crippen molar-refractivity contribution in [1.29, 1.82) is 0 Å². The number of hydrogen-bond donors (Lipinski definition) is 2. The number of nitrogens with one attached hydrogen (secondary N) is 2. The molecule has 0 radical (unpaired) electrons. The molecule has 0 bridgehead atoms. The Morgan fingerprint density at radius 3 is 2.40 bits per heavy atom. The van der Waals surface area contributed by atoms with Crippen LogP contribution in [0, 0.1) is 0 Å². The Bertz CT molecular complexity index is 932. The normalized spacial score (nSPS) is 13.8. The van der Waals surface area contributed by atoms with Crippen LogP contribution in [0.4, 0.5) is 21.9 Å². The maximum atomic E-state index is 12.4. The maximum Gasteiger partial charge on any atom is 0.412 e. The molecule has 3 amide bonds. The molecule has 1 saturated heterocycles. The van der Waals surface area contributed by atoms with Crippen LogP contribution in [0.3, 0.4) is 0 Å². The molecule has 1 fully saturated rings. The summed E-state index contributed by atoms with van der Waals surface area (Å²) in [6, 6.07) is 14.3. The molecule has 158 valence electrons. The molecule has 0 spiro atoms. The molecule has 1 aliphatic rings. The second-order valence-corrected chi connectivity index (χ2v) is 8.25. The van der Waals surface area contributed by atoms with Gasteiger partial charge in [0.15, 0.2) is 0 Å². The van der Waals surface area contributed by atoms with Gasteiger partial charge in [0.05, 0.1) is 6.42 Å². The fraction of sp³-hybridized carbons (Fsp3) is 0.348. The summed E-state index contributed by atoms with van der Waals surface area (Å²) in [5.41, 5.74) is 2.29. The summed E-state index contributed by atoms with van der Waals surface area (Å²) in [7, 11) is 0. The average molecular weight is 409 g/mol. The van der Waals surface area contributed by atoms with Gasteiger partial charge < -0.3 is 15.0 Å². The van der Waals surface area contributed by atoms with Crippen LogP contribution >= 0.6 is 0 Å². The standard InChI is InChI=1S/C23H27N3O4/c1-23(2,3)30-22(29)25-17-11-9-16(10-12-17)14-20(27)24-18-6-4-7-19(15-18)26-13-5-8-21(26)28/h4,6-7,9-12,15H,5,8,13-14H2,1-3H3,(H,24,27)(H,25,29). The lowest BCUT2D eigenvalue weighted by atomic mass is 10.1. The van der Waals surface area contributed by atoms with E-state index in [1.54, 1.807) is 56.0 Å². The van der Waals surface area contributed by atoms with Crippen molar-refractivity contribution in [3.05, 3.63) is 54.1 Å². The second kappa shape index (κ2) is 8.98. The number of rotatable bonds is 5. The number of amides is 3. The van der Waals surface area contributed by atoms with Gasteiger partial charge in [0, 0.05) is 30.0 Å². The first-order chi connectivity index (χ1) is 14.2. The Morgan fingerprint density at radius 2 is 1.77 bits per heavy atom. The third-order valence-corrected chi connectivity index (χ3v) is 4.48. The van der Waals surface area contributed by atoms with E-state index in [0.29, 0.717) is 24.3 Å². The molecule has 7 nitrogen and oxygen atoms in total. The third kappa shape index (κ3) is 6.07. The molecular formula is C23H27N3O4. The molecule has 3 rings (SSSR count). The Hall–Kier alpha value is -3.35. The molecule has 0 saturated carbocycles. The highest BCUT2D eigenvalue weighted by Gasteiger charge is 2.22. The van der Waals surface area contributed by atoms with Crippen LogP contribution in [-0.4, -0.2) is 30.1 Å². The Balaban J connectivity index is 1.55. The van der Waals surface area contributed by atoms with Gasteiger partial charge in [-0.15, -0.1) is 0 Å². The van der Waals surface area contributed by atoms with Crippen LogP contribution in [-0.2, 0) is 20.7 Å². The smallest absolute Gasteiger partial charge is 0.412 e. The molecule has 2 aromatic rings. The topological polar surface area (TPSA) is 87.7 Å². The number of carbonyl (C=O) groups is 3. The highest BCUT2D eigenvalue weighted by Crippen LogP contribution is 2.24. The fourth-order valence-electron chi connectivity index (χ4n) is 3.19. The van der Waals surface area contributed by atoms with Crippen LogP contribution in [0.1, 0.15) is 39.2 Å². The molecule has 0 aromatic heterocycles. The molecule has 30 heavy (non-hydrogen) atoms. The molecular weight excluding hydrogens is 382 g/mol. The summed E-state index contributed by atoms with van der Waals surface area (Å²) in [4.78, 5) is 37.9. The van der Waals surface area contributed by atoms with E-state index >= 15 is 0 Å². The maximum absolute atomic E-state index is 12.4. The SMILES string of the molecule is CC(C)(C)OC(=O)Nc1ccc(CC(=O)Nc2cccc(N3CCCC3=O)c2)cc1. The predicted octanol–water partition coefficient (Wildman–Crippen LogP) is 4.34. The minimum Gasteiger partial charge on any atom is -0.444 e. The first kappa shape index (κ1) is 21.4. The van der Waals surface area contributed by atoms with Crippen molar-refractivity contribution in [2.24, 2.45) is 0 Å². The van der Waals surface area contributed by atoms with Gasteiger partial charge in [0.2, 0.25) is 11.8 Å². The van der Waals surface area contributed by atoms with Crippen molar-refractivity contribution < 1.29 is 19.1 Å². The molecule has 2 aromatic carbocycles. The van der Waals surface area contributed by atoms with E-state index in [1.807, 2.05) is 18.2 Å². The zero-order valence-corrected chi connectivity index (χ0v) is 17.5. The van der Waals surface area contributed by atoms with Crippen molar-refractivity contribution in [2.45, 2.75) is 45.6 Å². The van der Waals surface area contributed by atoms with Gasteiger partial charge in [0.25, 0.3) is 0 Å². The summed E-state index contributed by atoms with van der Waals surface area (Å²) in [6.07, 6.45) is 1.09. The molecule has 0 unspecified atom stereocenters. The number of ether oxygens (including phenoxy) is 1. The Morgan fingerprint density at radius 1 is 1.03 bits per heavy atom. The summed E-state index contributed by atoms with van der Waals surface area (Å²) in [5.74, 6) is -0.0497. The summed E-state index contributed by atoms with van der Waals surface area (Å²) < 4.78 is 5.22. The van der Waals surface area contributed by atoms with Crippen molar-refractivity contribution in [2.75, 3.05) is 22.1 Å². The minimum atomic E-state index is -0.568. The number of nitrogens with zero attached hydrogens (tertiary/aromatic N) is 1.